The van der Waals surface area contributed by atoms with Crippen LogP contribution in [-0.2, 0) is 5.54 Å². The molecule has 1 aliphatic carbocycles. The lowest BCUT2D eigenvalue weighted by Crippen LogP contribution is -2.36. The van der Waals surface area contributed by atoms with Crippen LogP contribution in [0.3, 0.4) is 0 Å². The molecule has 1 spiro atoms. The van der Waals surface area contributed by atoms with Gasteiger partial charge in [-0.3, -0.25) is 4.79 Å². The van der Waals surface area contributed by atoms with Gasteiger partial charge in [0.15, 0.2) is 0 Å². The Morgan fingerprint density at radius 2 is 1.64 bits per heavy atom. The number of carbonyl (C=O) groups excluding carboxylic acids is 1. The molecule has 2 heterocycles. The number of nitrogens with zero attached hydrogens (tertiary/aromatic N) is 3. The zero-order chi connectivity index (χ0) is 22.7. The summed E-state index contributed by atoms with van der Waals surface area (Å²) in [6.07, 6.45) is 1.82. The Bertz CT molecular complexity index is 1430. The first-order valence-corrected chi connectivity index (χ1v) is 10.9. The average molecular weight is 435 g/mol. The predicted octanol–water partition coefficient (Wildman–Crippen LogP) is 4.98. The highest BCUT2D eigenvalue weighted by atomic mass is 16.4. The number of amides is 1. The summed E-state index contributed by atoms with van der Waals surface area (Å²) in [5.41, 5.74) is 5.75. The first kappa shape index (κ1) is 19.5. The van der Waals surface area contributed by atoms with E-state index in [0.29, 0.717) is 5.69 Å². The predicted molar refractivity (Wildman–Crippen MR) is 124 cm³/mol. The van der Waals surface area contributed by atoms with Gasteiger partial charge in [-0.05, 0) is 48.2 Å². The van der Waals surface area contributed by atoms with Crippen LogP contribution in [0, 0.1) is 0 Å². The number of carboxylic acid groups (broad SMARTS) is 1. The van der Waals surface area contributed by atoms with Gasteiger partial charge in [-0.1, -0.05) is 54.6 Å². The molecule has 162 valence electrons. The van der Waals surface area contributed by atoms with Gasteiger partial charge in [-0.15, -0.1) is 0 Å². The van der Waals surface area contributed by atoms with Crippen LogP contribution in [0.15, 0.2) is 78.9 Å². The molecule has 1 N–H and O–H groups in total. The number of aromatic carboxylic acids is 1. The minimum absolute atomic E-state index is 0.0483. The van der Waals surface area contributed by atoms with E-state index in [9.17, 15) is 14.7 Å². The van der Waals surface area contributed by atoms with Crippen molar-refractivity contribution in [1.82, 2.24) is 14.7 Å². The van der Waals surface area contributed by atoms with Gasteiger partial charge in [-0.2, -0.15) is 5.10 Å². The van der Waals surface area contributed by atoms with Crippen molar-refractivity contribution >= 4 is 11.9 Å². The summed E-state index contributed by atoms with van der Waals surface area (Å²) < 4.78 is 1.76. The summed E-state index contributed by atoms with van der Waals surface area (Å²) in [5.74, 6) is -1.01. The first-order valence-electron chi connectivity index (χ1n) is 10.9. The maximum absolute atomic E-state index is 13.5. The lowest BCUT2D eigenvalue weighted by atomic mass is 9.96. The van der Waals surface area contributed by atoms with Gasteiger partial charge in [0, 0.05) is 18.2 Å². The summed E-state index contributed by atoms with van der Waals surface area (Å²) in [6, 6.07) is 24.7. The standard InChI is InChI=1S/C27H21N3O3/c1-29-25(31)24-16-22(17-6-3-2-4-7-17)28-30(24)23-15-19(10-11-21(23)27(29)12-13-27)18-8-5-9-20(14-18)26(32)33/h2-11,14-16H,12-13H2,1H3,(H,32,33). The number of benzene rings is 3. The molecule has 0 radical (unpaired) electrons. The van der Waals surface area contributed by atoms with Crippen molar-refractivity contribution in [3.8, 4) is 28.1 Å². The Morgan fingerprint density at radius 1 is 0.909 bits per heavy atom. The van der Waals surface area contributed by atoms with E-state index < -0.39 is 5.97 Å². The molecule has 4 aromatic rings. The Kier molecular flexibility index (Phi) is 4.08. The van der Waals surface area contributed by atoms with Crippen molar-refractivity contribution in [3.63, 3.8) is 0 Å². The second-order valence-electron chi connectivity index (χ2n) is 8.71. The molecule has 3 aromatic carbocycles. The normalized spacial score (nSPS) is 15.7. The Morgan fingerprint density at radius 3 is 2.36 bits per heavy atom. The molecule has 1 saturated carbocycles. The molecule has 6 heteroatoms. The molecule has 1 amide bonds. The second-order valence-corrected chi connectivity index (χ2v) is 8.71. The van der Waals surface area contributed by atoms with Crippen molar-refractivity contribution in [1.29, 1.82) is 0 Å². The van der Waals surface area contributed by atoms with Crippen LogP contribution in [0.2, 0.25) is 0 Å². The summed E-state index contributed by atoms with van der Waals surface area (Å²) in [6.45, 7) is 0. The van der Waals surface area contributed by atoms with E-state index in [4.69, 9.17) is 5.10 Å². The van der Waals surface area contributed by atoms with Gasteiger partial charge in [-0.25, -0.2) is 9.48 Å². The first-order chi connectivity index (χ1) is 16.0. The van der Waals surface area contributed by atoms with Crippen LogP contribution in [-0.4, -0.2) is 38.7 Å². The van der Waals surface area contributed by atoms with Crippen LogP contribution in [0.4, 0.5) is 0 Å². The molecular weight excluding hydrogens is 414 g/mol. The highest BCUT2D eigenvalue weighted by Gasteiger charge is 2.53. The van der Waals surface area contributed by atoms with Crippen molar-refractivity contribution in [2.45, 2.75) is 18.4 Å². The highest BCUT2D eigenvalue weighted by Crippen LogP contribution is 2.54. The van der Waals surface area contributed by atoms with Crippen molar-refractivity contribution in [3.05, 3.63) is 95.7 Å². The molecule has 0 saturated heterocycles. The fraction of sp³-hybridized carbons (Fsp3) is 0.148. The fourth-order valence-corrected chi connectivity index (χ4v) is 4.85. The number of carbonyl (C=O) groups is 2. The summed E-state index contributed by atoms with van der Waals surface area (Å²) >= 11 is 0. The molecule has 6 nitrogen and oxygen atoms in total. The Balaban J connectivity index is 1.57. The molecule has 0 unspecified atom stereocenters. The SMILES string of the molecule is CN1C(=O)c2cc(-c3ccccc3)nn2-c2cc(-c3cccc(C(=O)O)c3)ccc2C12CC2. The largest absolute Gasteiger partial charge is 0.478 e. The van der Waals surface area contributed by atoms with E-state index >= 15 is 0 Å². The van der Waals surface area contributed by atoms with Crippen molar-refractivity contribution < 1.29 is 14.7 Å². The molecule has 0 bridgehead atoms. The smallest absolute Gasteiger partial charge is 0.335 e. The molecule has 1 aliphatic heterocycles. The van der Waals surface area contributed by atoms with E-state index in [1.807, 2.05) is 66.5 Å². The topological polar surface area (TPSA) is 75.4 Å². The van der Waals surface area contributed by atoms with E-state index in [2.05, 4.69) is 6.07 Å². The molecular formula is C27H21N3O3. The lowest BCUT2D eigenvalue weighted by molar-refractivity contribution is 0.0691. The van der Waals surface area contributed by atoms with Gasteiger partial charge >= 0.3 is 5.97 Å². The lowest BCUT2D eigenvalue weighted by Gasteiger charge is -2.27. The van der Waals surface area contributed by atoms with Gasteiger partial charge in [0.2, 0.25) is 0 Å². The van der Waals surface area contributed by atoms with Crippen molar-refractivity contribution in [2.75, 3.05) is 7.05 Å². The number of hydrogen-bond donors (Lipinski definition) is 1. The van der Waals surface area contributed by atoms with Crippen LogP contribution < -0.4 is 0 Å². The van der Waals surface area contributed by atoms with Gasteiger partial charge in [0.05, 0.1) is 22.5 Å². The Hall–Kier alpha value is -4.19. The summed E-state index contributed by atoms with van der Waals surface area (Å²) in [4.78, 5) is 26.8. The van der Waals surface area contributed by atoms with Crippen LogP contribution in [0.1, 0.15) is 39.3 Å². The van der Waals surface area contributed by atoms with Crippen LogP contribution in [0.5, 0.6) is 0 Å². The summed E-state index contributed by atoms with van der Waals surface area (Å²) in [7, 11) is 1.87. The number of fused-ring (bicyclic) bond motifs is 4. The third kappa shape index (κ3) is 2.91. The minimum Gasteiger partial charge on any atom is -0.478 e. The maximum atomic E-state index is 13.5. The fourth-order valence-electron chi connectivity index (χ4n) is 4.85. The van der Waals surface area contributed by atoms with Crippen LogP contribution in [0.25, 0.3) is 28.1 Å². The van der Waals surface area contributed by atoms with Crippen LogP contribution >= 0.6 is 0 Å². The van der Waals surface area contributed by atoms with Crippen molar-refractivity contribution in [2.24, 2.45) is 0 Å². The number of aromatic nitrogens is 2. The maximum Gasteiger partial charge on any atom is 0.335 e. The van der Waals surface area contributed by atoms with Gasteiger partial charge in [0.1, 0.15) is 5.69 Å². The third-order valence-corrected chi connectivity index (χ3v) is 6.84. The van der Waals surface area contributed by atoms with Gasteiger partial charge < -0.3 is 10.0 Å². The minimum atomic E-state index is -0.961. The zero-order valence-corrected chi connectivity index (χ0v) is 18.0. The summed E-state index contributed by atoms with van der Waals surface area (Å²) in [5, 5.41) is 14.3. The highest BCUT2D eigenvalue weighted by molar-refractivity contribution is 5.96. The van der Waals surface area contributed by atoms with E-state index in [0.717, 1.165) is 46.5 Å². The molecule has 0 atom stereocenters. The molecule has 33 heavy (non-hydrogen) atoms. The second kappa shape index (κ2) is 6.90. The third-order valence-electron chi connectivity index (χ3n) is 6.84. The monoisotopic (exact) mass is 435 g/mol. The molecule has 1 aromatic heterocycles. The number of carboxylic acids is 1. The number of rotatable bonds is 3. The van der Waals surface area contributed by atoms with E-state index in [1.165, 1.54) is 0 Å². The van der Waals surface area contributed by atoms with Gasteiger partial charge in [0.25, 0.3) is 5.91 Å². The molecule has 1 fully saturated rings. The Labute approximate surface area is 190 Å². The molecule has 2 aliphatic rings. The number of hydrogen-bond acceptors (Lipinski definition) is 3. The molecule has 6 rings (SSSR count). The average Bonchev–Trinajstić information content (AvgIpc) is 3.55. The van der Waals surface area contributed by atoms with E-state index in [1.54, 1.807) is 22.9 Å². The van der Waals surface area contributed by atoms with E-state index in [-0.39, 0.29) is 17.0 Å². The quantitative estimate of drug-likeness (QED) is 0.493. The zero-order valence-electron chi connectivity index (χ0n) is 18.0.